The van der Waals surface area contributed by atoms with Gasteiger partial charge in [0.15, 0.2) is 0 Å². The van der Waals surface area contributed by atoms with Crippen molar-refractivity contribution in [3.05, 3.63) is 65.9 Å². The Morgan fingerprint density at radius 2 is 1.95 bits per heavy atom. The van der Waals surface area contributed by atoms with E-state index in [0.29, 0.717) is 12.5 Å². The van der Waals surface area contributed by atoms with E-state index < -0.39 is 0 Å². The molecule has 3 nitrogen and oxygen atoms in total. The van der Waals surface area contributed by atoms with Crippen LogP contribution in [0.25, 0.3) is 10.9 Å². The van der Waals surface area contributed by atoms with Gasteiger partial charge < -0.3 is 15.0 Å². The maximum Gasteiger partial charge on any atom is 0.129 e. The first-order valence-electron chi connectivity index (χ1n) is 7.89. The van der Waals surface area contributed by atoms with Crippen molar-refractivity contribution in [2.45, 2.75) is 18.9 Å². The molecule has 1 fully saturated rings. The molecular formula is C19H20N2O. The first-order chi connectivity index (χ1) is 10.9. The summed E-state index contributed by atoms with van der Waals surface area (Å²) in [6, 6.07) is 16.6. The second kappa shape index (κ2) is 5.85. The number of rotatable bonds is 4. The highest BCUT2D eigenvalue weighted by atomic mass is 16.5. The van der Waals surface area contributed by atoms with E-state index in [1.807, 2.05) is 18.2 Å². The van der Waals surface area contributed by atoms with E-state index in [9.17, 15) is 0 Å². The van der Waals surface area contributed by atoms with E-state index in [1.54, 1.807) is 0 Å². The highest BCUT2D eigenvalue weighted by Gasteiger charge is 2.21. The van der Waals surface area contributed by atoms with Crippen LogP contribution < -0.4 is 10.1 Å². The molecule has 0 unspecified atom stereocenters. The van der Waals surface area contributed by atoms with E-state index in [4.69, 9.17) is 4.74 Å². The van der Waals surface area contributed by atoms with Crippen LogP contribution in [0.1, 0.15) is 23.5 Å². The van der Waals surface area contributed by atoms with E-state index >= 15 is 0 Å². The van der Waals surface area contributed by atoms with E-state index in [1.165, 1.54) is 22.9 Å². The number of nitrogens with one attached hydrogen (secondary N) is 2. The van der Waals surface area contributed by atoms with Crippen molar-refractivity contribution in [1.29, 1.82) is 0 Å². The van der Waals surface area contributed by atoms with Gasteiger partial charge in [-0.2, -0.15) is 0 Å². The van der Waals surface area contributed by atoms with Crippen LogP contribution >= 0.6 is 0 Å². The van der Waals surface area contributed by atoms with Gasteiger partial charge in [-0.15, -0.1) is 0 Å². The molecule has 0 radical (unpaired) electrons. The minimum atomic E-state index is 0.579. The van der Waals surface area contributed by atoms with Crippen LogP contribution in [-0.2, 0) is 6.61 Å². The van der Waals surface area contributed by atoms with Crippen molar-refractivity contribution in [1.82, 2.24) is 10.3 Å². The third kappa shape index (κ3) is 2.48. The fourth-order valence-electron chi connectivity index (χ4n) is 3.27. The van der Waals surface area contributed by atoms with Crippen LogP contribution in [-0.4, -0.2) is 18.1 Å². The highest BCUT2D eigenvalue weighted by molar-refractivity contribution is 5.89. The molecule has 0 bridgehead atoms. The summed E-state index contributed by atoms with van der Waals surface area (Å²) < 4.78 is 6.12. The number of aromatic amines is 1. The lowest BCUT2D eigenvalue weighted by Crippen LogP contribution is -2.07. The summed E-state index contributed by atoms with van der Waals surface area (Å²) in [6.45, 7) is 2.76. The maximum atomic E-state index is 6.12. The second-order valence-corrected chi connectivity index (χ2v) is 5.89. The summed E-state index contributed by atoms with van der Waals surface area (Å²) in [5, 5.41) is 4.69. The molecule has 1 aliphatic heterocycles. The minimum Gasteiger partial charge on any atom is -0.488 e. The van der Waals surface area contributed by atoms with Crippen LogP contribution in [0.5, 0.6) is 5.75 Å². The zero-order valence-electron chi connectivity index (χ0n) is 12.5. The maximum absolute atomic E-state index is 6.12. The van der Waals surface area contributed by atoms with Gasteiger partial charge in [0.1, 0.15) is 12.4 Å². The topological polar surface area (TPSA) is 37.0 Å². The van der Waals surface area contributed by atoms with Crippen LogP contribution in [0, 0.1) is 0 Å². The molecular weight excluding hydrogens is 272 g/mol. The third-order valence-electron chi connectivity index (χ3n) is 4.44. The Morgan fingerprint density at radius 1 is 1.05 bits per heavy atom. The number of H-pyrrole nitrogens is 1. The number of aromatic nitrogens is 1. The van der Waals surface area contributed by atoms with Crippen molar-refractivity contribution in [3.8, 4) is 5.75 Å². The molecule has 2 aromatic carbocycles. The largest absolute Gasteiger partial charge is 0.488 e. The molecule has 1 saturated heterocycles. The standard InChI is InChI=1S/C19H20N2O/c1-2-5-14(6-3-1)13-22-18-8-4-7-17-19(18)16(12-21-17)15-9-10-20-11-15/h1-8,12,15,20-21H,9-11,13H2/t15-/m1/s1. The third-order valence-corrected chi connectivity index (χ3v) is 4.44. The summed E-state index contributed by atoms with van der Waals surface area (Å²) in [5.74, 6) is 1.56. The Hall–Kier alpha value is -2.26. The molecule has 0 saturated carbocycles. The first kappa shape index (κ1) is 13.4. The second-order valence-electron chi connectivity index (χ2n) is 5.89. The van der Waals surface area contributed by atoms with Gasteiger partial charge >= 0.3 is 0 Å². The van der Waals surface area contributed by atoms with Gasteiger partial charge in [0.25, 0.3) is 0 Å². The van der Waals surface area contributed by atoms with Crippen molar-refractivity contribution in [3.63, 3.8) is 0 Å². The van der Waals surface area contributed by atoms with E-state index in [-0.39, 0.29) is 0 Å². The predicted octanol–water partition coefficient (Wildman–Crippen LogP) is 3.82. The number of fused-ring (bicyclic) bond motifs is 1. The van der Waals surface area contributed by atoms with Crippen molar-refractivity contribution in [2.24, 2.45) is 0 Å². The van der Waals surface area contributed by atoms with Crippen LogP contribution in [0.15, 0.2) is 54.7 Å². The zero-order valence-corrected chi connectivity index (χ0v) is 12.5. The SMILES string of the molecule is c1ccc(COc2cccc3[nH]cc([C@@H]4CCNC4)c23)cc1. The molecule has 2 N–H and O–H groups in total. The lowest BCUT2D eigenvalue weighted by molar-refractivity contribution is 0.310. The summed E-state index contributed by atoms with van der Waals surface area (Å²) in [7, 11) is 0. The molecule has 112 valence electrons. The molecule has 1 atom stereocenters. The molecule has 3 aromatic rings. The van der Waals surface area contributed by atoms with Crippen LogP contribution in [0.2, 0.25) is 0 Å². The van der Waals surface area contributed by atoms with Crippen LogP contribution in [0.4, 0.5) is 0 Å². The summed E-state index contributed by atoms with van der Waals surface area (Å²) in [6.07, 6.45) is 3.34. The fourth-order valence-corrected chi connectivity index (χ4v) is 3.27. The molecule has 4 rings (SSSR count). The molecule has 22 heavy (non-hydrogen) atoms. The van der Waals surface area contributed by atoms with Gasteiger partial charge in [0.05, 0.1) is 0 Å². The van der Waals surface area contributed by atoms with Gasteiger partial charge in [-0.1, -0.05) is 36.4 Å². The van der Waals surface area contributed by atoms with E-state index in [2.05, 4.69) is 46.8 Å². The molecule has 0 spiro atoms. The number of benzene rings is 2. The average Bonchev–Trinajstić information content (AvgIpc) is 3.23. The normalized spacial score (nSPS) is 17.9. The van der Waals surface area contributed by atoms with Gasteiger partial charge in [-0.05, 0) is 42.1 Å². The molecule has 1 aliphatic rings. The quantitative estimate of drug-likeness (QED) is 0.767. The molecule has 1 aromatic heterocycles. The average molecular weight is 292 g/mol. The lowest BCUT2D eigenvalue weighted by Gasteiger charge is -2.12. The minimum absolute atomic E-state index is 0.579. The zero-order chi connectivity index (χ0) is 14.8. The Labute approximate surface area is 130 Å². The Morgan fingerprint density at radius 3 is 2.77 bits per heavy atom. The molecule has 3 heteroatoms. The van der Waals surface area contributed by atoms with E-state index in [0.717, 1.165) is 24.4 Å². The van der Waals surface area contributed by atoms with Crippen molar-refractivity contribution in [2.75, 3.05) is 13.1 Å². The summed E-state index contributed by atoms with van der Waals surface area (Å²) >= 11 is 0. The number of ether oxygens (including phenoxy) is 1. The van der Waals surface area contributed by atoms with Crippen molar-refractivity contribution >= 4 is 10.9 Å². The Bertz CT molecular complexity index is 757. The van der Waals surface area contributed by atoms with Gasteiger partial charge in [0, 0.05) is 23.6 Å². The van der Waals surface area contributed by atoms with Crippen molar-refractivity contribution < 1.29 is 4.74 Å². The predicted molar refractivity (Wildman–Crippen MR) is 89.3 cm³/mol. The molecule has 0 amide bonds. The Balaban J connectivity index is 1.66. The first-order valence-corrected chi connectivity index (χ1v) is 7.89. The molecule has 0 aliphatic carbocycles. The number of hydrogen-bond acceptors (Lipinski definition) is 2. The fraction of sp³-hybridized carbons (Fsp3) is 0.263. The lowest BCUT2D eigenvalue weighted by atomic mass is 9.97. The van der Waals surface area contributed by atoms with Gasteiger partial charge in [-0.25, -0.2) is 0 Å². The smallest absolute Gasteiger partial charge is 0.129 e. The highest BCUT2D eigenvalue weighted by Crippen LogP contribution is 2.35. The number of hydrogen-bond donors (Lipinski definition) is 2. The summed E-state index contributed by atoms with van der Waals surface area (Å²) in [4.78, 5) is 3.40. The van der Waals surface area contributed by atoms with Gasteiger partial charge in [0.2, 0.25) is 0 Å². The van der Waals surface area contributed by atoms with Gasteiger partial charge in [-0.3, -0.25) is 0 Å². The Kier molecular flexibility index (Phi) is 3.57. The monoisotopic (exact) mass is 292 g/mol. The summed E-state index contributed by atoms with van der Waals surface area (Å²) in [5.41, 5.74) is 3.73. The van der Waals surface area contributed by atoms with Crippen LogP contribution in [0.3, 0.4) is 0 Å². The molecule has 2 heterocycles.